The average molecular weight is 171 g/mol. The summed E-state index contributed by atoms with van der Waals surface area (Å²) < 4.78 is 15.5. The van der Waals surface area contributed by atoms with Crippen molar-refractivity contribution in [1.82, 2.24) is 0 Å². The van der Waals surface area contributed by atoms with Crippen molar-refractivity contribution in [1.29, 1.82) is 0 Å². The lowest BCUT2D eigenvalue weighted by Gasteiger charge is -2.08. The minimum atomic E-state index is -2.76. The highest BCUT2D eigenvalue weighted by Gasteiger charge is 2.18. The molecule has 2 nitrogen and oxygen atoms in total. The molecule has 0 aromatic rings. The molecule has 1 unspecified atom stereocenters. The topological polar surface area (TPSA) is 26.3 Å². The molecule has 0 aliphatic rings. The van der Waals surface area contributed by atoms with Gasteiger partial charge in [-0.2, -0.15) is 0 Å². The average Bonchev–Trinajstić information content (AvgIpc) is 1.63. The van der Waals surface area contributed by atoms with Crippen molar-refractivity contribution >= 4 is 18.0 Å². The molecule has 0 aliphatic heterocycles. The van der Waals surface area contributed by atoms with Crippen LogP contribution in [-0.2, 0) is 9.09 Å². The number of hydrogen-bond donors (Lipinski definition) is 0. The van der Waals surface area contributed by atoms with Crippen molar-refractivity contribution in [3.8, 4) is 0 Å². The Labute approximate surface area is 60.8 Å². The largest absolute Gasteiger partial charge is 0.321 e. The van der Waals surface area contributed by atoms with Crippen LogP contribution >= 0.6 is 18.0 Å². The van der Waals surface area contributed by atoms with Gasteiger partial charge in [-0.3, -0.25) is 4.57 Å². The predicted octanol–water partition coefficient (Wildman–Crippen LogP) is 2.72. The van der Waals surface area contributed by atoms with Gasteiger partial charge < -0.3 is 4.52 Å². The Morgan fingerprint density at radius 3 is 2.22 bits per heavy atom. The Morgan fingerprint density at radius 2 is 2.11 bits per heavy atom. The van der Waals surface area contributed by atoms with Crippen LogP contribution in [0.5, 0.6) is 0 Å². The normalized spacial score (nSPS) is 17.9. The molecule has 0 aliphatic carbocycles. The highest BCUT2D eigenvalue weighted by Crippen LogP contribution is 2.52. The zero-order valence-electron chi connectivity index (χ0n) is 5.93. The van der Waals surface area contributed by atoms with Crippen molar-refractivity contribution in [2.75, 3.05) is 13.3 Å². The Bertz CT molecular complexity index is 124. The maximum atomic E-state index is 10.9. The van der Waals surface area contributed by atoms with Crippen LogP contribution in [0.15, 0.2) is 0 Å². The molecule has 56 valence electrons. The summed E-state index contributed by atoms with van der Waals surface area (Å²) in [6.45, 7) is 1.15. The first kappa shape index (κ1) is 9.48. The minimum Gasteiger partial charge on any atom is -0.321 e. The van der Waals surface area contributed by atoms with Gasteiger partial charge in [0.1, 0.15) is 0 Å². The fourth-order valence-corrected chi connectivity index (χ4v) is 2.36. The molecule has 0 aromatic carbocycles. The summed E-state index contributed by atoms with van der Waals surface area (Å²) in [6.07, 6.45) is 0.449. The van der Waals surface area contributed by atoms with Crippen molar-refractivity contribution in [2.45, 2.75) is 13.8 Å². The van der Waals surface area contributed by atoms with E-state index < -0.39 is 6.72 Å². The highest BCUT2D eigenvalue weighted by atomic mass is 35.7. The zero-order valence-corrected chi connectivity index (χ0v) is 7.58. The molecule has 0 spiro atoms. The molecule has 0 aromatic heterocycles. The Balaban J connectivity index is 3.73. The third-order valence-corrected chi connectivity index (χ3v) is 3.40. The van der Waals surface area contributed by atoms with E-state index in [1.54, 1.807) is 0 Å². The Morgan fingerprint density at radius 1 is 1.67 bits per heavy atom. The quantitative estimate of drug-likeness (QED) is 0.609. The van der Waals surface area contributed by atoms with Gasteiger partial charge in [0.05, 0.1) is 0 Å². The molecule has 4 heteroatoms. The SMILES string of the molecule is COP(=O)(Cl)CC(C)C. The summed E-state index contributed by atoms with van der Waals surface area (Å²) in [5.74, 6) is 0.327. The van der Waals surface area contributed by atoms with Crippen LogP contribution in [0, 0.1) is 5.92 Å². The van der Waals surface area contributed by atoms with Crippen LogP contribution in [-0.4, -0.2) is 13.3 Å². The molecule has 9 heavy (non-hydrogen) atoms. The molecular weight excluding hydrogens is 158 g/mol. The van der Waals surface area contributed by atoms with Gasteiger partial charge in [0.15, 0.2) is 0 Å². The molecule has 0 saturated heterocycles. The van der Waals surface area contributed by atoms with Crippen LogP contribution in [0.25, 0.3) is 0 Å². The first-order valence-electron chi connectivity index (χ1n) is 2.82. The second-order valence-electron chi connectivity index (χ2n) is 2.35. The predicted molar refractivity (Wildman–Crippen MR) is 40.2 cm³/mol. The van der Waals surface area contributed by atoms with E-state index in [1.165, 1.54) is 7.11 Å². The standard InChI is InChI=1S/C5H12ClO2P/c1-5(2)4-9(6,7)8-3/h5H,4H2,1-3H3. The van der Waals surface area contributed by atoms with Crippen LogP contribution in [0.2, 0.25) is 0 Å². The van der Waals surface area contributed by atoms with Crippen molar-refractivity contribution in [2.24, 2.45) is 5.92 Å². The Kier molecular flexibility index (Phi) is 3.79. The first-order valence-corrected chi connectivity index (χ1v) is 5.54. The van der Waals surface area contributed by atoms with Gasteiger partial charge in [-0.15, -0.1) is 0 Å². The lowest BCUT2D eigenvalue weighted by Crippen LogP contribution is -1.94. The number of rotatable bonds is 3. The monoisotopic (exact) mass is 170 g/mol. The van der Waals surface area contributed by atoms with Crippen LogP contribution in [0.1, 0.15) is 13.8 Å². The van der Waals surface area contributed by atoms with Crippen molar-refractivity contribution in [3.05, 3.63) is 0 Å². The maximum Gasteiger partial charge on any atom is 0.290 e. The number of hydrogen-bond acceptors (Lipinski definition) is 2. The molecular formula is C5H12ClO2P. The summed E-state index contributed by atoms with van der Waals surface area (Å²) in [5.41, 5.74) is 0. The van der Waals surface area contributed by atoms with Crippen LogP contribution < -0.4 is 0 Å². The zero-order chi connectivity index (χ0) is 7.49. The molecule has 0 heterocycles. The molecule has 0 N–H and O–H groups in total. The van der Waals surface area contributed by atoms with Gasteiger partial charge in [-0.05, 0) is 17.2 Å². The summed E-state index contributed by atoms with van der Waals surface area (Å²) in [4.78, 5) is 0. The van der Waals surface area contributed by atoms with Gasteiger partial charge in [-0.1, -0.05) is 13.8 Å². The lowest BCUT2D eigenvalue weighted by atomic mass is 10.3. The molecule has 0 rings (SSSR count). The van der Waals surface area contributed by atoms with Gasteiger partial charge in [-0.25, -0.2) is 0 Å². The van der Waals surface area contributed by atoms with E-state index in [2.05, 4.69) is 4.52 Å². The van der Waals surface area contributed by atoms with E-state index in [-0.39, 0.29) is 0 Å². The summed E-state index contributed by atoms with van der Waals surface area (Å²) in [6, 6.07) is 0. The van der Waals surface area contributed by atoms with E-state index in [0.29, 0.717) is 12.1 Å². The van der Waals surface area contributed by atoms with E-state index in [4.69, 9.17) is 11.2 Å². The van der Waals surface area contributed by atoms with Gasteiger partial charge in [0.25, 0.3) is 6.72 Å². The third-order valence-electron chi connectivity index (χ3n) is 0.856. The van der Waals surface area contributed by atoms with Crippen LogP contribution in [0.3, 0.4) is 0 Å². The summed E-state index contributed by atoms with van der Waals surface area (Å²) >= 11 is 5.45. The highest BCUT2D eigenvalue weighted by molar-refractivity contribution is 7.85. The fraction of sp³-hybridized carbons (Fsp3) is 1.00. The fourth-order valence-electron chi connectivity index (χ4n) is 0.511. The molecule has 0 saturated carbocycles. The lowest BCUT2D eigenvalue weighted by molar-refractivity contribution is 0.403. The van der Waals surface area contributed by atoms with E-state index >= 15 is 0 Å². The molecule has 0 amide bonds. The van der Waals surface area contributed by atoms with Crippen molar-refractivity contribution < 1.29 is 9.09 Å². The van der Waals surface area contributed by atoms with Gasteiger partial charge in [0, 0.05) is 13.3 Å². The van der Waals surface area contributed by atoms with E-state index in [0.717, 1.165) is 0 Å². The minimum absolute atomic E-state index is 0.327. The molecule has 0 radical (unpaired) electrons. The third kappa shape index (κ3) is 4.95. The van der Waals surface area contributed by atoms with Crippen LogP contribution in [0.4, 0.5) is 0 Å². The summed E-state index contributed by atoms with van der Waals surface area (Å²) in [5, 5.41) is 0. The molecule has 0 bridgehead atoms. The van der Waals surface area contributed by atoms with E-state index in [9.17, 15) is 4.57 Å². The van der Waals surface area contributed by atoms with Gasteiger partial charge in [0.2, 0.25) is 0 Å². The van der Waals surface area contributed by atoms with E-state index in [1.807, 2.05) is 13.8 Å². The second kappa shape index (κ2) is 3.60. The van der Waals surface area contributed by atoms with Crippen molar-refractivity contribution in [3.63, 3.8) is 0 Å². The summed E-state index contributed by atoms with van der Waals surface area (Å²) in [7, 11) is 1.37. The number of halogens is 1. The molecule has 1 atom stereocenters. The second-order valence-corrected chi connectivity index (χ2v) is 5.81. The smallest absolute Gasteiger partial charge is 0.290 e. The molecule has 0 fully saturated rings. The Hall–Kier alpha value is 0.480. The van der Waals surface area contributed by atoms with Gasteiger partial charge >= 0.3 is 0 Å². The maximum absolute atomic E-state index is 10.9. The first-order chi connectivity index (χ1) is 3.98.